The summed E-state index contributed by atoms with van der Waals surface area (Å²) in [6.07, 6.45) is 2.13. The number of benzene rings is 1. The molecule has 0 N–H and O–H groups in total. The van der Waals surface area contributed by atoms with Crippen molar-refractivity contribution in [3.8, 4) is 11.8 Å². The van der Waals surface area contributed by atoms with E-state index in [4.69, 9.17) is 20.8 Å². The maximum Gasteiger partial charge on any atom is 0.257 e. The van der Waals surface area contributed by atoms with Gasteiger partial charge in [0.25, 0.3) is 5.91 Å². The Bertz CT molecular complexity index is 908. The van der Waals surface area contributed by atoms with Crippen LogP contribution in [0.4, 0.5) is 5.88 Å². The predicted molar refractivity (Wildman–Crippen MR) is 99.3 cm³/mol. The van der Waals surface area contributed by atoms with E-state index in [-0.39, 0.29) is 5.91 Å². The fraction of sp³-hybridized carbons (Fsp3) is 0.421. The summed E-state index contributed by atoms with van der Waals surface area (Å²) in [6.45, 7) is 2.17. The molecule has 1 saturated heterocycles. The molecule has 0 atom stereocenters. The molecule has 0 spiro atoms. The lowest BCUT2D eigenvalue weighted by atomic mass is 10.1. The number of hydrogen-bond acceptors (Lipinski definition) is 6. The molecule has 1 aromatic carbocycles. The fourth-order valence-electron chi connectivity index (χ4n) is 3.25. The number of oxazole rings is 1. The van der Waals surface area contributed by atoms with Crippen LogP contribution >= 0.6 is 11.6 Å². The highest BCUT2D eigenvalue weighted by atomic mass is 35.5. The first kappa shape index (κ1) is 17.7. The minimum Gasteiger partial charge on any atom is -0.496 e. The Hall–Kier alpha value is -2.72. The largest absolute Gasteiger partial charge is 0.496 e. The van der Waals surface area contributed by atoms with Crippen molar-refractivity contribution in [3.63, 3.8) is 0 Å². The Kier molecular flexibility index (Phi) is 4.66. The van der Waals surface area contributed by atoms with Gasteiger partial charge < -0.3 is 19.0 Å². The number of aromatic nitrogens is 1. The zero-order valence-electron chi connectivity index (χ0n) is 14.9. The van der Waals surface area contributed by atoms with Gasteiger partial charge in [0.2, 0.25) is 17.5 Å². The van der Waals surface area contributed by atoms with Gasteiger partial charge in [-0.05, 0) is 31.0 Å². The molecule has 1 amide bonds. The van der Waals surface area contributed by atoms with Crippen molar-refractivity contribution < 1.29 is 13.9 Å². The third-order valence-electron chi connectivity index (χ3n) is 4.90. The van der Waals surface area contributed by atoms with E-state index in [0.29, 0.717) is 65.9 Å². The number of amides is 1. The molecule has 1 aliphatic heterocycles. The first-order valence-electron chi connectivity index (χ1n) is 8.89. The van der Waals surface area contributed by atoms with E-state index in [0.717, 1.165) is 12.8 Å². The number of nitriles is 1. The SMILES string of the molecule is COc1ccc(Cl)cc1C(=O)N1CCN(c2oc(C3CC3)nc2C#N)CC1. The molecule has 0 bridgehead atoms. The number of hydrogen-bond donors (Lipinski definition) is 0. The summed E-state index contributed by atoms with van der Waals surface area (Å²) in [5, 5.41) is 9.84. The second kappa shape index (κ2) is 7.12. The van der Waals surface area contributed by atoms with Gasteiger partial charge >= 0.3 is 0 Å². The maximum atomic E-state index is 12.9. The standard InChI is InChI=1S/C19H19ClN4O3/c1-26-16-5-4-13(20)10-14(16)18(25)23-6-8-24(9-7-23)19-15(11-21)22-17(27-19)12-2-3-12/h4-5,10,12H,2-3,6-9H2,1H3. The van der Waals surface area contributed by atoms with E-state index in [2.05, 4.69) is 11.1 Å². The van der Waals surface area contributed by atoms with Crippen LogP contribution in [0.5, 0.6) is 5.75 Å². The smallest absolute Gasteiger partial charge is 0.257 e. The molecule has 1 saturated carbocycles. The van der Waals surface area contributed by atoms with E-state index in [9.17, 15) is 10.1 Å². The molecule has 4 rings (SSSR count). The average molecular weight is 387 g/mol. The van der Waals surface area contributed by atoms with Crippen molar-refractivity contribution in [1.82, 2.24) is 9.88 Å². The highest BCUT2D eigenvalue weighted by Crippen LogP contribution is 2.41. The average Bonchev–Trinajstić information content (AvgIpc) is 3.46. The Morgan fingerprint density at radius 2 is 2.07 bits per heavy atom. The van der Waals surface area contributed by atoms with Crippen LogP contribution in [0.3, 0.4) is 0 Å². The number of carbonyl (C=O) groups excluding carboxylic acids is 1. The number of methoxy groups -OCH3 is 1. The maximum absolute atomic E-state index is 12.9. The monoisotopic (exact) mass is 386 g/mol. The molecule has 2 aliphatic rings. The van der Waals surface area contributed by atoms with Crippen LogP contribution in [0.25, 0.3) is 0 Å². The molecule has 0 unspecified atom stereocenters. The summed E-state index contributed by atoms with van der Waals surface area (Å²) in [7, 11) is 1.53. The van der Waals surface area contributed by atoms with E-state index in [1.807, 2.05) is 4.90 Å². The van der Waals surface area contributed by atoms with Crippen LogP contribution in [0.2, 0.25) is 5.02 Å². The molecule has 1 aromatic heterocycles. The van der Waals surface area contributed by atoms with Crippen LogP contribution in [0.15, 0.2) is 22.6 Å². The number of rotatable bonds is 4. The third kappa shape index (κ3) is 3.45. The van der Waals surface area contributed by atoms with Gasteiger partial charge in [-0.2, -0.15) is 5.26 Å². The molecule has 2 fully saturated rings. The Balaban J connectivity index is 1.47. The number of piperazine rings is 1. The number of anilines is 1. The second-order valence-corrected chi connectivity index (χ2v) is 7.15. The number of ether oxygens (including phenoxy) is 1. The minimum absolute atomic E-state index is 0.120. The zero-order chi connectivity index (χ0) is 19.0. The predicted octanol–water partition coefficient (Wildman–Crippen LogP) is 3.05. The van der Waals surface area contributed by atoms with Crippen molar-refractivity contribution in [2.45, 2.75) is 18.8 Å². The summed E-state index contributed by atoms with van der Waals surface area (Å²) in [6, 6.07) is 7.13. The van der Waals surface area contributed by atoms with Crippen molar-refractivity contribution in [3.05, 3.63) is 40.4 Å². The van der Waals surface area contributed by atoms with Gasteiger partial charge in [0.05, 0.1) is 12.7 Å². The summed E-state index contributed by atoms with van der Waals surface area (Å²) in [5.74, 6) is 1.91. The first-order valence-corrected chi connectivity index (χ1v) is 9.27. The Labute approximate surface area is 162 Å². The third-order valence-corrected chi connectivity index (χ3v) is 5.14. The van der Waals surface area contributed by atoms with Gasteiger partial charge in [-0.1, -0.05) is 11.6 Å². The molecule has 0 radical (unpaired) electrons. The zero-order valence-corrected chi connectivity index (χ0v) is 15.7. The molecular formula is C19H19ClN4O3. The number of halogens is 1. The minimum atomic E-state index is -0.120. The molecule has 7 nitrogen and oxygen atoms in total. The molecule has 2 aromatic rings. The topological polar surface area (TPSA) is 82.6 Å². The number of nitrogens with zero attached hydrogens (tertiary/aromatic N) is 4. The summed E-state index contributed by atoms with van der Waals surface area (Å²) in [5.41, 5.74) is 0.778. The summed E-state index contributed by atoms with van der Waals surface area (Å²) < 4.78 is 11.1. The van der Waals surface area contributed by atoms with Crippen LogP contribution in [0, 0.1) is 11.3 Å². The Morgan fingerprint density at radius 1 is 1.33 bits per heavy atom. The van der Waals surface area contributed by atoms with Gasteiger partial charge in [0, 0.05) is 37.1 Å². The summed E-state index contributed by atoms with van der Waals surface area (Å²) in [4.78, 5) is 20.9. The second-order valence-electron chi connectivity index (χ2n) is 6.72. The molecule has 2 heterocycles. The van der Waals surface area contributed by atoms with Crippen LogP contribution in [-0.2, 0) is 0 Å². The van der Waals surface area contributed by atoms with E-state index < -0.39 is 0 Å². The van der Waals surface area contributed by atoms with E-state index >= 15 is 0 Å². The molecule has 1 aliphatic carbocycles. The van der Waals surface area contributed by atoms with Gasteiger partial charge in [-0.15, -0.1) is 0 Å². The number of carbonyl (C=O) groups is 1. The normalized spacial score (nSPS) is 16.9. The molecule has 8 heteroatoms. The van der Waals surface area contributed by atoms with Crippen molar-refractivity contribution in [2.24, 2.45) is 0 Å². The Morgan fingerprint density at radius 3 is 2.70 bits per heavy atom. The summed E-state index contributed by atoms with van der Waals surface area (Å²) >= 11 is 6.04. The van der Waals surface area contributed by atoms with Crippen molar-refractivity contribution in [1.29, 1.82) is 5.26 Å². The van der Waals surface area contributed by atoms with Gasteiger partial charge in [-0.25, -0.2) is 4.98 Å². The highest BCUT2D eigenvalue weighted by Gasteiger charge is 2.33. The van der Waals surface area contributed by atoms with Crippen molar-refractivity contribution in [2.75, 3.05) is 38.2 Å². The van der Waals surface area contributed by atoms with Crippen LogP contribution in [0.1, 0.15) is 40.7 Å². The lowest BCUT2D eigenvalue weighted by Crippen LogP contribution is -2.49. The van der Waals surface area contributed by atoms with Crippen LogP contribution in [-0.4, -0.2) is 49.1 Å². The fourth-order valence-corrected chi connectivity index (χ4v) is 3.42. The van der Waals surface area contributed by atoms with Gasteiger partial charge in [0.1, 0.15) is 11.8 Å². The van der Waals surface area contributed by atoms with Crippen LogP contribution < -0.4 is 9.64 Å². The lowest BCUT2D eigenvalue weighted by Gasteiger charge is -2.34. The van der Waals surface area contributed by atoms with Gasteiger partial charge in [0.15, 0.2) is 0 Å². The van der Waals surface area contributed by atoms with Gasteiger partial charge in [-0.3, -0.25) is 4.79 Å². The quantitative estimate of drug-likeness (QED) is 0.803. The molecular weight excluding hydrogens is 368 g/mol. The van der Waals surface area contributed by atoms with Crippen molar-refractivity contribution >= 4 is 23.4 Å². The molecule has 27 heavy (non-hydrogen) atoms. The van der Waals surface area contributed by atoms with E-state index in [1.54, 1.807) is 23.1 Å². The lowest BCUT2D eigenvalue weighted by molar-refractivity contribution is 0.0742. The van der Waals surface area contributed by atoms with E-state index in [1.165, 1.54) is 7.11 Å². The molecule has 140 valence electrons. The highest BCUT2D eigenvalue weighted by molar-refractivity contribution is 6.31. The first-order chi connectivity index (χ1) is 13.1.